The molecule has 1 aliphatic heterocycles. The first-order valence-corrected chi connectivity index (χ1v) is 12.6. The van der Waals surface area contributed by atoms with Crippen LogP contribution < -0.4 is 5.32 Å². The maximum Gasteiger partial charge on any atom is 0.416 e. The fourth-order valence-electron chi connectivity index (χ4n) is 4.27. The minimum Gasteiger partial charge on any atom is -0.444 e. The predicted octanol–water partition coefficient (Wildman–Crippen LogP) is 6.46. The van der Waals surface area contributed by atoms with Gasteiger partial charge in [-0.15, -0.1) is 0 Å². The molecule has 0 bridgehead atoms. The van der Waals surface area contributed by atoms with Crippen molar-refractivity contribution >= 4 is 34.2 Å². The van der Waals surface area contributed by atoms with Gasteiger partial charge in [0, 0.05) is 31.4 Å². The number of fused-ring (bicyclic) bond motifs is 1. The van der Waals surface area contributed by atoms with Gasteiger partial charge in [0.1, 0.15) is 17.2 Å². The number of hydrogen-bond donors (Lipinski definition) is 1. The van der Waals surface area contributed by atoms with E-state index in [2.05, 4.69) is 20.3 Å². The van der Waals surface area contributed by atoms with E-state index in [-0.39, 0.29) is 5.56 Å². The molecule has 0 aliphatic carbocycles. The van der Waals surface area contributed by atoms with Gasteiger partial charge in [-0.1, -0.05) is 6.08 Å². The van der Waals surface area contributed by atoms with Crippen LogP contribution in [-0.4, -0.2) is 49.6 Å². The van der Waals surface area contributed by atoms with Crippen LogP contribution in [0.2, 0.25) is 0 Å². The first-order valence-electron chi connectivity index (χ1n) is 12.6. The molecule has 1 amide bonds. The summed E-state index contributed by atoms with van der Waals surface area (Å²) < 4.78 is 45.7. The van der Waals surface area contributed by atoms with Crippen molar-refractivity contribution in [2.75, 3.05) is 18.4 Å². The van der Waals surface area contributed by atoms with Crippen LogP contribution in [0.4, 0.5) is 29.5 Å². The summed E-state index contributed by atoms with van der Waals surface area (Å²) in [6.07, 6.45) is -0.981. The Kier molecular flexibility index (Phi) is 7.68. The molecule has 4 rings (SSSR count). The number of alkyl halides is 3. The monoisotopic (exact) mass is 558 g/mol. The van der Waals surface area contributed by atoms with Crippen molar-refractivity contribution < 1.29 is 27.6 Å². The second-order valence-corrected chi connectivity index (χ2v) is 10.6. The van der Waals surface area contributed by atoms with E-state index in [4.69, 9.17) is 4.74 Å². The number of carbonyl (C=O) groups is 1. The molecule has 10 nitrogen and oxygen atoms in total. The minimum absolute atomic E-state index is 0.0762. The average molecular weight is 559 g/mol. The highest BCUT2D eigenvalue weighted by Gasteiger charge is 2.33. The van der Waals surface area contributed by atoms with E-state index in [0.717, 1.165) is 23.3 Å². The van der Waals surface area contributed by atoms with Crippen LogP contribution >= 0.6 is 0 Å². The Bertz CT molecular complexity index is 1500. The molecule has 0 fully saturated rings. The molecule has 0 unspecified atom stereocenters. The summed E-state index contributed by atoms with van der Waals surface area (Å²) >= 11 is 0. The Morgan fingerprint density at radius 2 is 1.90 bits per heavy atom. The molecule has 3 aromatic rings. The summed E-state index contributed by atoms with van der Waals surface area (Å²) in [4.78, 5) is 37.7. The molecular formula is C27H29F3N6O4. The molecule has 1 aromatic carbocycles. The molecule has 1 N–H and O–H groups in total. The molecule has 3 heterocycles. The van der Waals surface area contributed by atoms with Crippen LogP contribution in [0.1, 0.15) is 62.7 Å². The van der Waals surface area contributed by atoms with E-state index in [0.29, 0.717) is 48.3 Å². The van der Waals surface area contributed by atoms with Crippen molar-refractivity contribution in [2.24, 2.45) is 0 Å². The lowest BCUT2D eigenvalue weighted by atomic mass is 10.00. The number of aromatic nitrogens is 3. The fourth-order valence-corrected chi connectivity index (χ4v) is 4.27. The molecular weight excluding hydrogens is 529 g/mol. The van der Waals surface area contributed by atoms with Gasteiger partial charge in [0.05, 0.1) is 21.9 Å². The number of pyridine rings is 1. The zero-order valence-electron chi connectivity index (χ0n) is 22.7. The van der Waals surface area contributed by atoms with E-state index in [1.165, 1.54) is 0 Å². The summed E-state index contributed by atoms with van der Waals surface area (Å²) in [7, 11) is 0. The molecule has 1 atom stereocenters. The topological polar surface area (TPSA) is 123 Å². The largest absolute Gasteiger partial charge is 0.444 e. The van der Waals surface area contributed by atoms with Crippen molar-refractivity contribution in [1.29, 1.82) is 0 Å². The van der Waals surface area contributed by atoms with Crippen LogP contribution in [-0.2, 0) is 10.9 Å². The quantitative estimate of drug-likeness (QED) is 0.280. The first-order chi connectivity index (χ1) is 18.6. The van der Waals surface area contributed by atoms with E-state index in [1.54, 1.807) is 45.7 Å². The predicted molar refractivity (Wildman–Crippen MR) is 143 cm³/mol. The number of non-ortho nitro benzene ring substituents is 1. The van der Waals surface area contributed by atoms with E-state index >= 15 is 0 Å². The zero-order chi connectivity index (χ0) is 29.4. The number of nitrogens with one attached hydrogen (secondary N) is 1. The lowest BCUT2D eigenvalue weighted by Crippen LogP contribution is -2.39. The van der Waals surface area contributed by atoms with Gasteiger partial charge >= 0.3 is 12.3 Å². The number of nitrogens with zero attached hydrogens (tertiary/aromatic N) is 5. The molecule has 2 aromatic heterocycles. The Morgan fingerprint density at radius 3 is 2.50 bits per heavy atom. The van der Waals surface area contributed by atoms with Gasteiger partial charge in [-0.05, 0) is 69.9 Å². The number of benzene rings is 1. The van der Waals surface area contributed by atoms with Gasteiger partial charge in [-0.3, -0.25) is 10.1 Å². The van der Waals surface area contributed by atoms with Crippen LogP contribution in [0.5, 0.6) is 0 Å². The second-order valence-electron chi connectivity index (χ2n) is 10.6. The molecule has 1 aliphatic rings. The van der Waals surface area contributed by atoms with Crippen molar-refractivity contribution in [3.05, 3.63) is 69.2 Å². The number of hydrogen-bond acceptors (Lipinski definition) is 8. The normalized spacial score (nSPS) is 15.0. The summed E-state index contributed by atoms with van der Waals surface area (Å²) in [5, 5.41) is 14.9. The van der Waals surface area contributed by atoms with E-state index < -0.39 is 40.1 Å². The van der Waals surface area contributed by atoms with Crippen LogP contribution in [0.25, 0.3) is 16.6 Å². The molecule has 212 valence electrons. The third kappa shape index (κ3) is 6.64. The Hall–Kier alpha value is -4.29. The van der Waals surface area contributed by atoms with Gasteiger partial charge in [-0.2, -0.15) is 13.2 Å². The van der Waals surface area contributed by atoms with Gasteiger partial charge < -0.3 is 15.0 Å². The summed E-state index contributed by atoms with van der Waals surface area (Å²) in [6, 6.07) is 3.57. The van der Waals surface area contributed by atoms with Gasteiger partial charge in [0.25, 0.3) is 5.69 Å². The first kappa shape index (κ1) is 28.7. The van der Waals surface area contributed by atoms with Crippen LogP contribution in [0.15, 0.2) is 36.5 Å². The maximum atomic E-state index is 13.4. The smallest absolute Gasteiger partial charge is 0.416 e. The molecule has 40 heavy (non-hydrogen) atoms. The Morgan fingerprint density at radius 1 is 1.18 bits per heavy atom. The highest BCUT2D eigenvalue weighted by atomic mass is 19.4. The molecule has 0 saturated heterocycles. The van der Waals surface area contributed by atoms with Gasteiger partial charge in [0.15, 0.2) is 5.65 Å². The second kappa shape index (κ2) is 10.7. The third-order valence-electron chi connectivity index (χ3n) is 6.23. The van der Waals surface area contributed by atoms with Crippen molar-refractivity contribution in [2.45, 2.75) is 58.9 Å². The number of anilines is 1. The number of nitro benzene ring substituents is 1. The maximum absolute atomic E-state index is 13.4. The lowest BCUT2D eigenvalue weighted by Gasteiger charge is -2.29. The third-order valence-corrected chi connectivity index (χ3v) is 6.23. The summed E-state index contributed by atoms with van der Waals surface area (Å²) in [5.41, 5.74) is -0.156. The molecule has 0 saturated carbocycles. The van der Waals surface area contributed by atoms with Crippen LogP contribution in [0.3, 0.4) is 0 Å². The Labute approximate surface area is 228 Å². The number of aryl methyl sites for hydroxylation is 1. The number of rotatable bonds is 5. The standard InChI is InChI=1S/C27H29F3N6O4/c1-15(18-10-20(27(28,29)30)13-21(11-18)36(38)39)32-24-22-12-19(14-31-23(22)33-16(2)34-24)17-6-8-35(9-7-17)25(37)40-26(3,4)5/h6,10-15H,7-9H2,1-5H3,(H,31,32,33,34)/t15-/m1/s1. The van der Waals surface area contributed by atoms with Crippen LogP contribution in [0, 0.1) is 17.0 Å². The Balaban J connectivity index is 1.64. The van der Waals surface area contributed by atoms with Crippen molar-refractivity contribution in [3.63, 3.8) is 0 Å². The number of carbonyl (C=O) groups excluding carboxylic acids is 1. The zero-order valence-corrected chi connectivity index (χ0v) is 22.7. The van der Waals surface area contributed by atoms with Gasteiger partial charge in [0.2, 0.25) is 0 Å². The highest BCUT2D eigenvalue weighted by Crippen LogP contribution is 2.35. The van der Waals surface area contributed by atoms with Crippen molar-refractivity contribution in [1.82, 2.24) is 19.9 Å². The lowest BCUT2D eigenvalue weighted by molar-refractivity contribution is -0.385. The molecule has 0 spiro atoms. The highest BCUT2D eigenvalue weighted by molar-refractivity contribution is 5.89. The number of halogens is 3. The van der Waals surface area contributed by atoms with E-state index in [1.807, 2.05) is 12.1 Å². The fraction of sp³-hybridized carbons (Fsp3) is 0.407. The van der Waals surface area contributed by atoms with E-state index in [9.17, 15) is 28.1 Å². The SMILES string of the molecule is Cc1nc(N[C@H](C)c2cc([N+](=O)[O-])cc(C(F)(F)F)c2)c2cc(C3=CCN(C(=O)OC(C)(C)C)CC3)cnc2n1. The minimum atomic E-state index is -4.75. The number of ether oxygens (including phenoxy) is 1. The average Bonchev–Trinajstić information content (AvgIpc) is 2.86. The number of amides is 1. The summed E-state index contributed by atoms with van der Waals surface area (Å²) in [5.74, 6) is 0.721. The van der Waals surface area contributed by atoms with Crippen molar-refractivity contribution in [3.8, 4) is 0 Å². The summed E-state index contributed by atoms with van der Waals surface area (Å²) in [6.45, 7) is 9.50. The molecule has 0 radical (unpaired) electrons. The number of nitro groups is 1. The van der Waals surface area contributed by atoms with Gasteiger partial charge in [-0.25, -0.2) is 19.7 Å². The molecule has 13 heteroatoms.